The van der Waals surface area contributed by atoms with Gasteiger partial charge in [0.05, 0.1) is 12.7 Å². The molecule has 0 bridgehead atoms. The van der Waals surface area contributed by atoms with Crippen molar-refractivity contribution in [2.75, 3.05) is 31.7 Å². The van der Waals surface area contributed by atoms with Crippen LogP contribution in [0.25, 0.3) is 0 Å². The number of aryl methyl sites for hydroxylation is 1. The van der Waals surface area contributed by atoms with Crippen molar-refractivity contribution < 1.29 is 14.2 Å². The molecule has 1 fully saturated rings. The lowest BCUT2D eigenvalue weighted by Gasteiger charge is -2.24. The zero-order valence-corrected chi connectivity index (χ0v) is 12.5. The first kappa shape index (κ1) is 15.3. The van der Waals surface area contributed by atoms with Gasteiger partial charge in [-0.3, -0.25) is 0 Å². The van der Waals surface area contributed by atoms with Gasteiger partial charge < -0.3 is 14.7 Å². The predicted octanol–water partition coefficient (Wildman–Crippen LogP) is 3.05. The van der Waals surface area contributed by atoms with E-state index < -0.39 is 6.10 Å². The maximum atomic E-state index is 13.6. The molecule has 0 aromatic heterocycles. The number of halogens is 1. The normalized spacial score (nSPS) is 16.2. The van der Waals surface area contributed by atoms with Gasteiger partial charge in [-0.15, -0.1) is 0 Å². The van der Waals surface area contributed by atoms with Crippen molar-refractivity contribution in [3.63, 3.8) is 0 Å². The minimum atomic E-state index is -0.685. The van der Waals surface area contributed by atoms with E-state index in [1.807, 2.05) is 11.9 Å². The van der Waals surface area contributed by atoms with Gasteiger partial charge in [-0.2, -0.15) is 0 Å². The Bertz CT molecular complexity index is 458. The number of likely N-dealkylation sites (N-methyl/N-ethyl adjacent to an activating group) is 1. The summed E-state index contributed by atoms with van der Waals surface area (Å²) in [5.74, 6) is 0.490. The lowest BCUT2D eigenvalue weighted by atomic mass is 10.0. The van der Waals surface area contributed by atoms with E-state index in [0.717, 1.165) is 24.8 Å². The Morgan fingerprint density at radius 2 is 2.15 bits per heavy atom. The number of rotatable bonds is 7. The van der Waals surface area contributed by atoms with E-state index in [-0.39, 0.29) is 5.82 Å². The summed E-state index contributed by atoms with van der Waals surface area (Å²) in [7, 11) is 1.94. The van der Waals surface area contributed by atoms with Crippen molar-refractivity contribution in [1.29, 1.82) is 0 Å². The minimum absolute atomic E-state index is 0.275. The van der Waals surface area contributed by atoms with Crippen LogP contribution in [-0.2, 0) is 4.74 Å². The van der Waals surface area contributed by atoms with E-state index in [1.54, 1.807) is 19.9 Å². The van der Waals surface area contributed by atoms with Crippen LogP contribution in [0.4, 0.5) is 10.1 Å². The second kappa shape index (κ2) is 6.55. The third-order valence-corrected chi connectivity index (χ3v) is 3.79. The Kier molecular flexibility index (Phi) is 5.00. The zero-order chi connectivity index (χ0) is 14.7. The average molecular weight is 281 g/mol. The molecule has 1 saturated carbocycles. The van der Waals surface area contributed by atoms with E-state index in [9.17, 15) is 9.50 Å². The fraction of sp³-hybridized carbons (Fsp3) is 0.625. The van der Waals surface area contributed by atoms with E-state index in [2.05, 4.69) is 0 Å². The molecule has 0 amide bonds. The smallest absolute Gasteiger partial charge is 0.126 e. The van der Waals surface area contributed by atoms with Crippen LogP contribution in [-0.4, -0.2) is 31.9 Å². The van der Waals surface area contributed by atoms with Gasteiger partial charge in [0.15, 0.2) is 0 Å². The average Bonchev–Trinajstić information content (AvgIpc) is 3.21. The fourth-order valence-corrected chi connectivity index (χ4v) is 2.20. The Morgan fingerprint density at radius 1 is 1.45 bits per heavy atom. The number of nitrogens with zero attached hydrogens (tertiary/aromatic N) is 1. The molecule has 0 saturated heterocycles. The molecule has 2 rings (SSSR count). The van der Waals surface area contributed by atoms with Gasteiger partial charge in [-0.05, 0) is 50.3 Å². The molecule has 1 aliphatic carbocycles. The van der Waals surface area contributed by atoms with E-state index in [4.69, 9.17) is 4.74 Å². The van der Waals surface area contributed by atoms with Crippen LogP contribution in [0.3, 0.4) is 0 Å². The van der Waals surface area contributed by atoms with E-state index >= 15 is 0 Å². The first-order chi connectivity index (χ1) is 9.49. The van der Waals surface area contributed by atoms with Crippen LogP contribution in [0.1, 0.15) is 37.0 Å². The monoisotopic (exact) mass is 281 g/mol. The maximum absolute atomic E-state index is 13.6. The number of anilines is 1. The first-order valence-corrected chi connectivity index (χ1v) is 7.26. The highest BCUT2D eigenvalue weighted by molar-refractivity contribution is 5.56. The number of aliphatic hydroxyl groups is 1. The van der Waals surface area contributed by atoms with Gasteiger partial charge in [-0.1, -0.05) is 0 Å². The molecule has 0 heterocycles. The summed E-state index contributed by atoms with van der Waals surface area (Å²) < 4.78 is 19.3. The van der Waals surface area contributed by atoms with Gasteiger partial charge in [0.2, 0.25) is 0 Å². The highest BCUT2D eigenvalue weighted by Gasteiger charge is 2.21. The number of hydrogen-bond acceptors (Lipinski definition) is 3. The van der Waals surface area contributed by atoms with Gasteiger partial charge in [0.25, 0.3) is 0 Å². The summed E-state index contributed by atoms with van der Waals surface area (Å²) in [5, 5.41) is 9.80. The molecule has 1 aromatic rings. The van der Waals surface area contributed by atoms with E-state index in [1.165, 1.54) is 18.9 Å². The molecule has 112 valence electrons. The number of benzene rings is 1. The number of aliphatic hydroxyl groups excluding tert-OH is 1. The van der Waals surface area contributed by atoms with Crippen LogP contribution in [0.15, 0.2) is 12.1 Å². The van der Waals surface area contributed by atoms with Crippen molar-refractivity contribution in [3.8, 4) is 0 Å². The third kappa shape index (κ3) is 3.93. The van der Waals surface area contributed by atoms with Crippen molar-refractivity contribution in [1.82, 2.24) is 0 Å². The Balaban J connectivity index is 1.99. The summed E-state index contributed by atoms with van der Waals surface area (Å²) in [6, 6.07) is 3.22. The van der Waals surface area contributed by atoms with Crippen LogP contribution in [0.2, 0.25) is 0 Å². The van der Waals surface area contributed by atoms with Gasteiger partial charge >= 0.3 is 0 Å². The maximum Gasteiger partial charge on any atom is 0.126 e. The van der Waals surface area contributed by atoms with Crippen molar-refractivity contribution in [2.24, 2.45) is 5.92 Å². The largest absolute Gasteiger partial charge is 0.389 e. The molecular formula is C16H24FNO2. The second-order valence-electron chi connectivity index (χ2n) is 5.78. The number of ether oxygens (including phenoxy) is 1. The molecule has 4 heteroatoms. The SMILES string of the molecule is Cc1cc(N(C)CCOCC2CC2)c([C@H](C)O)cc1F. The first-order valence-electron chi connectivity index (χ1n) is 7.26. The standard InChI is InChI=1S/C16H24FNO2/c1-11-8-16(14(12(2)19)9-15(11)17)18(3)6-7-20-10-13-4-5-13/h8-9,12-13,19H,4-7,10H2,1-3H3/t12-/m0/s1. The molecule has 1 aliphatic rings. The summed E-state index contributed by atoms with van der Waals surface area (Å²) in [4.78, 5) is 2.02. The molecule has 0 unspecified atom stereocenters. The fourth-order valence-electron chi connectivity index (χ4n) is 2.20. The molecule has 0 spiro atoms. The third-order valence-electron chi connectivity index (χ3n) is 3.79. The molecule has 0 aliphatic heterocycles. The Hall–Kier alpha value is -1.13. The van der Waals surface area contributed by atoms with Gasteiger partial charge in [0, 0.05) is 31.5 Å². The summed E-state index contributed by atoms with van der Waals surface area (Å²) in [6.07, 6.45) is 1.90. The van der Waals surface area contributed by atoms with Crippen molar-refractivity contribution in [2.45, 2.75) is 32.8 Å². The molecular weight excluding hydrogens is 257 g/mol. The van der Waals surface area contributed by atoms with E-state index in [0.29, 0.717) is 17.7 Å². The Morgan fingerprint density at radius 3 is 2.75 bits per heavy atom. The van der Waals surface area contributed by atoms with Gasteiger partial charge in [-0.25, -0.2) is 4.39 Å². The molecule has 1 N–H and O–H groups in total. The number of hydrogen-bond donors (Lipinski definition) is 1. The van der Waals surface area contributed by atoms with Crippen LogP contribution >= 0.6 is 0 Å². The predicted molar refractivity (Wildman–Crippen MR) is 78.6 cm³/mol. The molecule has 3 nitrogen and oxygen atoms in total. The quantitative estimate of drug-likeness (QED) is 0.780. The summed E-state index contributed by atoms with van der Waals surface area (Å²) >= 11 is 0. The van der Waals surface area contributed by atoms with Crippen LogP contribution in [0, 0.1) is 18.7 Å². The zero-order valence-electron chi connectivity index (χ0n) is 12.5. The lowest BCUT2D eigenvalue weighted by Crippen LogP contribution is -2.24. The minimum Gasteiger partial charge on any atom is -0.389 e. The summed E-state index contributed by atoms with van der Waals surface area (Å²) in [6.45, 7) is 5.63. The highest BCUT2D eigenvalue weighted by atomic mass is 19.1. The molecule has 20 heavy (non-hydrogen) atoms. The van der Waals surface area contributed by atoms with Crippen LogP contribution < -0.4 is 4.90 Å². The summed E-state index contributed by atoms with van der Waals surface area (Å²) in [5.41, 5.74) is 2.09. The van der Waals surface area contributed by atoms with Gasteiger partial charge in [0.1, 0.15) is 5.82 Å². The van der Waals surface area contributed by atoms with Crippen LogP contribution in [0.5, 0.6) is 0 Å². The van der Waals surface area contributed by atoms with Crippen molar-refractivity contribution in [3.05, 3.63) is 29.1 Å². The topological polar surface area (TPSA) is 32.7 Å². The van der Waals surface area contributed by atoms with Crippen molar-refractivity contribution >= 4 is 5.69 Å². The molecule has 1 atom stereocenters. The Labute approximate surface area is 120 Å². The lowest BCUT2D eigenvalue weighted by molar-refractivity contribution is 0.130. The molecule has 0 radical (unpaired) electrons. The molecule has 1 aromatic carbocycles. The second-order valence-corrected chi connectivity index (χ2v) is 5.78. The highest BCUT2D eigenvalue weighted by Crippen LogP contribution is 2.30.